The third-order valence-electron chi connectivity index (χ3n) is 6.21. The van der Waals surface area contributed by atoms with Gasteiger partial charge in [0.05, 0.1) is 35.9 Å². The van der Waals surface area contributed by atoms with Crippen molar-refractivity contribution in [2.24, 2.45) is 0 Å². The number of anilines is 1. The topological polar surface area (TPSA) is 111 Å². The lowest BCUT2D eigenvalue weighted by Crippen LogP contribution is -2.24. The van der Waals surface area contributed by atoms with Gasteiger partial charge >= 0.3 is 0 Å². The van der Waals surface area contributed by atoms with E-state index in [0.717, 1.165) is 43.5 Å². The highest BCUT2D eigenvalue weighted by Gasteiger charge is 2.26. The number of H-pyrrole nitrogens is 1. The average molecular weight is 494 g/mol. The molecule has 0 spiro atoms. The molecule has 1 aliphatic carbocycles. The van der Waals surface area contributed by atoms with Crippen LogP contribution in [0.4, 0.5) is 14.5 Å². The van der Waals surface area contributed by atoms with E-state index < -0.39 is 17.5 Å². The molecule has 4 heterocycles. The maximum atomic E-state index is 14.7. The highest BCUT2D eigenvalue weighted by Crippen LogP contribution is 2.34. The molecule has 4 aromatic heterocycles. The molecule has 4 aromatic rings. The second kappa shape index (κ2) is 10.3. The second-order valence-electron chi connectivity index (χ2n) is 8.59. The van der Waals surface area contributed by atoms with Crippen LogP contribution in [-0.4, -0.2) is 48.6 Å². The number of pyridine rings is 2. The van der Waals surface area contributed by atoms with Crippen molar-refractivity contribution in [2.75, 3.05) is 11.9 Å². The van der Waals surface area contributed by atoms with E-state index in [1.807, 2.05) is 6.92 Å². The number of nitrogens with one attached hydrogen (secondary N) is 2. The molecule has 5 rings (SSSR count). The summed E-state index contributed by atoms with van der Waals surface area (Å²) in [6.07, 6.45) is 9.50. The van der Waals surface area contributed by atoms with Crippen LogP contribution in [0.1, 0.15) is 49.1 Å². The van der Waals surface area contributed by atoms with Crippen molar-refractivity contribution in [3.63, 3.8) is 0 Å². The van der Waals surface area contributed by atoms with Crippen LogP contribution in [0.3, 0.4) is 0 Å². The number of aromatic nitrogens is 6. The molecule has 0 aliphatic heterocycles. The Morgan fingerprint density at radius 2 is 2.03 bits per heavy atom. The zero-order chi connectivity index (χ0) is 25.1. The van der Waals surface area contributed by atoms with Crippen LogP contribution in [0.2, 0.25) is 0 Å². The number of carbonyl (C=O) groups excluding carboxylic acids is 1. The van der Waals surface area contributed by atoms with Crippen LogP contribution < -0.4 is 5.32 Å². The zero-order valence-electron chi connectivity index (χ0n) is 19.6. The summed E-state index contributed by atoms with van der Waals surface area (Å²) in [5, 5.41) is 14.0. The van der Waals surface area contributed by atoms with E-state index in [4.69, 9.17) is 4.74 Å². The summed E-state index contributed by atoms with van der Waals surface area (Å²) in [4.78, 5) is 21.5. The monoisotopic (exact) mass is 493 g/mol. The third kappa shape index (κ3) is 5.01. The first-order chi connectivity index (χ1) is 17.5. The minimum atomic E-state index is -0.865. The molecule has 1 amide bonds. The highest BCUT2D eigenvalue weighted by atomic mass is 19.1. The molecule has 0 unspecified atom stereocenters. The lowest BCUT2D eigenvalue weighted by atomic mass is 9.93. The number of ether oxygens (including phenoxy) is 1. The van der Waals surface area contributed by atoms with Gasteiger partial charge in [-0.15, -0.1) is 0 Å². The normalized spacial score (nSPS) is 17.8. The van der Waals surface area contributed by atoms with Gasteiger partial charge in [0.25, 0.3) is 5.91 Å². The van der Waals surface area contributed by atoms with Gasteiger partial charge in [-0.2, -0.15) is 10.2 Å². The van der Waals surface area contributed by atoms with Crippen LogP contribution in [0.15, 0.2) is 49.1 Å². The molecule has 2 N–H and O–H groups in total. The molecular weight excluding hydrogens is 468 g/mol. The van der Waals surface area contributed by atoms with Gasteiger partial charge in [0.15, 0.2) is 5.82 Å². The Kier molecular flexibility index (Phi) is 6.81. The Labute approximate surface area is 205 Å². The number of carbonyl (C=O) groups is 1. The molecule has 0 bridgehead atoms. The first-order valence-electron chi connectivity index (χ1n) is 11.8. The molecule has 0 radical (unpaired) electrons. The van der Waals surface area contributed by atoms with Gasteiger partial charge in [-0.25, -0.2) is 18.7 Å². The minimum Gasteiger partial charge on any atom is -0.379 e. The molecule has 9 nitrogen and oxygen atoms in total. The van der Waals surface area contributed by atoms with Gasteiger partial charge in [0.2, 0.25) is 0 Å². The Hall–Kier alpha value is -3.99. The van der Waals surface area contributed by atoms with Gasteiger partial charge in [0.1, 0.15) is 22.9 Å². The van der Waals surface area contributed by atoms with E-state index in [2.05, 4.69) is 30.6 Å². The Morgan fingerprint density at radius 3 is 2.75 bits per heavy atom. The molecule has 36 heavy (non-hydrogen) atoms. The maximum Gasteiger partial charge on any atom is 0.274 e. The zero-order valence-corrected chi connectivity index (χ0v) is 19.6. The minimum absolute atomic E-state index is 0.0529. The largest absolute Gasteiger partial charge is 0.379 e. The van der Waals surface area contributed by atoms with Crippen LogP contribution in [-0.2, 0) is 4.74 Å². The van der Waals surface area contributed by atoms with E-state index in [0.29, 0.717) is 12.3 Å². The van der Waals surface area contributed by atoms with E-state index in [-0.39, 0.29) is 34.9 Å². The van der Waals surface area contributed by atoms with E-state index in [1.54, 1.807) is 41.5 Å². The molecule has 1 saturated carbocycles. The number of rotatable bonds is 7. The molecule has 0 saturated heterocycles. The van der Waals surface area contributed by atoms with Crippen molar-refractivity contribution >= 4 is 11.6 Å². The smallest absolute Gasteiger partial charge is 0.274 e. The lowest BCUT2D eigenvalue weighted by molar-refractivity contribution is 0.0260. The number of nitrogens with zero attached hydrogens (tertiary/aromatic N) is 5. The van der Waals surface area contributed by atoms with Gasteiger partial charge in [0, 0.05) is 30.6 Å². The van der Waals surface area contributed by atoms with Gasteiger partial charge in [-0.05, 0) is 44.7 Å². The van der Waals surface area contributed by atoms with Crippen molar-refractivity contribution in [1.82, 2.24) is 29.9 Å². The molecular formula is C25H25F2N7O2. The van der Waals surface area contributed by atoms with Crippen molar-refractivity contribution in [3.05, 3.63) is 66.4 Å². The summed E-state index contributed by atoms with van der Waals surface area (Å²) in [5.74, 6) is -2.16. The number of hydrogen-bond donors (Lipinski definition) is 2. The Morgan fingerprint density at radius 1 is 1.19 bits per heavy atom. The summed E-state index contributed by atoms with van der Waals surface area (Å²) in [5.41, 5.74) is 1.72. The number of halogens is 2. The summed E-state index contributed by atoms with van der Waals surface area (Å²) < 4.78 is 35.7. The summed E-state index contributed by atoms with van der Waals surface area (Å²) in [6.45, 7) is 2.65. The molecule has 1 fully saturated rings. The van der Waals surface area contributed by atoms with Crippen molar-refractivity contribution in [3.8, 4) is 22.6 Å². The highest BCUT2D eigenvalue weighted by molar-refractivity contribution is 6.04. The quantitative estimate of drug-likeness (QED) is 0.383. The van der Waals surface area contributed by atoms with Gasteiger partial charge in [-0.1, -0.05) is 6.07 Å². The maximum absolute atomic E-state index is 14.7. The average Bonchev–Trinajstić information content (AvgIpc) is 3.56. The van der Waals surface area contributed by atoms with E-state index >= 15 is 0 Å². The van der Waals surface area contributed by atoms with Crippen molar-refractivity contribution in [2.45, 2.75) is 44.8 Å². The van der Waals surface area contributed by atoms with E-state index in [1.165, 1.54) is 0 Å². The van der Waals surface area contributed by atoms with Gasteiger partial charge in [-0.3, -0.25) is 14.6 Å². The Bertz CT molecular complexity index is 1350. The number of amides is 1. The first-order valence-corrected chi connectivity index (χ1v) is 11.8. The van der Waals surface area contributed by atoms with Gasteiger partial charge < -0.3 is 10.1 Å². The standard InChI is InChI=1S/C25H25F2N7O2/c1-2-36-18-8-6-17(7-9-18)34-14-22(24(33-34)23-19(27)10-16(26)13-28-23)32-25(35)21-5-3-4-20(31-21)15-11-29-30-12-15/h3-5,10-14,17-18H,2,6-9H2,1H3,(H,29,30)(H,32,35)/t17-,18-. The lowest BCUT2D eigenvalue weighted by Gasteiger charge is -2.28. The summed E-state index contributed by atoms with van der Waals surface area (Å²) in [7, 11) is 0. The van der Waals surface area contributed by atoms with Crippen molar-refractivity contribution in [1.29, 1.82) is 0 Å². The van der Waals surface area contributed by atoms with Crippen LogP contribution in [0.5, 0.6) is 0 Å². The molecule has 186 valence electrons. The third-order valence-corrected chi connectivity index (χ3v) is 6.21. The number of hydrogen-bond acceptors (Lipinski definition) is 6. The molecule has 1 aliphatic rings. The fraction of sp³-hybridized carbons (Fsp3) is 0.320. The summed E-state index contributed by atoms with van der Waals surface area (Å²) >= 11 is 0. The first kappa shape index (κ1) is 23.7. The van der Waals surface area contributed by atoms with E-state index in [9.17, 15) is 13.6 Å². The number of aromatic amines is 1. The van der Waals surface area contributed by atoms with Crippen LogP contribution in [0, 0.1) is 11.6 Å². The van der Waals surface area contributed by atoms with Crippen molar-refractivity contribution < 1.29 is 18.3 Å². The fourth-order valence-corrected chi connectivity index (χ4v) is 4.45. The Balaban J connectivity index is 1.45. The molecule has 0 aromatic carbocycles. The SMILES string of the molecule is CCO[C@H]1CC[C@H](n2cc(NC(=O)c3cccc(-c4cn[nH]c4)n3)c(-c3ncc(F)cc3F)n2)CC1. The predicted molar refractivity (Wildman–Crippen MR) is 128 cm³/mol. The van der Waals surface area contributed by atoms with Crippen LogP contribution in [0.25, 0.3) is 22.6 Å². The molecule has 11 heteroatoms. The fourth-order valence-electron chi connectivity index (χ4n) is 4.45. The second-order valence-corrected chi connectivity index (χ2v) is 8.59. The summed E-state index contributed by atoms with van der Waals surface area (Å²) in [6, 6.07) is 5.86. The molecule has 0 atom stereocenters. The van der Waals surface area contributed by atoms with Crippen LogP contribution >= 0.6 is 0 Å². The predicted octanol–water partition coefficient (Wildman–Crippen LogP) is 4.78.